The van der Waals surface area contributed by atoms with Gasteiger partial charge in [0.15, 0.2) is 0 Å². The molecule has 94 valence electrons. The molecule has 2 saturated carbocycles. The third-order valence-corrected chi connectivity index (χ3v) is 5.02. The van der Waals surface area contributed by atoms with Crippen molar-refractivity contribution >= 4 is 0 Å². The van der Waals surface area contributed by atoms with Gasteiger partial charge in [-0.05, 0) is 49.4 Å². The van der Waals surface area contributed by atoms with Crippen LogP contribution in [0.3, 0.4) is 0 Å². The molecule has 2 aliphatic rings. The first-order valence-electron chi connectivity index (χ1n) is 7.14. The molecule has 0 aliphatic heterocycles. The van der Waals surface area contributed by atoms with Crippen LogP contribution in [0.4, 0.5) is 0 Å². The van der Waals surface area contributed by atoms with Crippen LogP contribution in [0.15, 0.2) is 0 Å². The van der Waals surface area contributed by atoms with Gasteiger partial charge < -0.3 is 5.11 Å². The van der Waals surface area contributed by atoms with E-state index in [4.69, 9.17) is 0 Å². The molecule has 1 unspecified atom stereocenters. The number of hydrogen-bond acceptors (Lipinski definition) is 1. The zero-order chi connectivity index (χ0) is 11.8. The van der Waals surface area contributed by atoms with E-state index >= 15 is 0 Å². The van der Waals surface area contributed by atoms with Gasteiger partial charge in [-0.2, -0.15) is 0 Å². The van der Waals surface area contributed by atoms with E-state index < -0.39 is 0 Å². The largest absolute Gasteiger partial charge is 0.390 e. The molecular weight excluding hydrogens is 196 g/mol. The average Bonchev–Trinajstić information content (AvgIpc) is 2.16. The van der Waals surface area contributed by atoms with E-state index in [1.165, 1.54) is 38.5 Å². The van der Waals surface area contributed by atoms with Crippen LogP contribution in [-0.4, -0.2) is 10.7 Å². The van der Waals surface area contributed by atoms with Crippen LogP contribution in [0, 0.1) is 17.3 Å². The lowest BCUT2D eigenvalue weighted by molar-refractivity contribution is -0.0953. The van der Waals surface area contributed by atoms with Crippen LogP contribution in [0.1, 0.15) is 72.1 Å². The van der Waals surface area contributed by atoms with Gasteiger partial charge in [-0.25, -0.2) is 0 Å². The van der Waals surface area contributed by atoms with Crippen LogP contribution < -0.4 is 0 Å². The summed E-state index contributed by atoms with van der Waals surface area (Å²) in [6.45, 7) is 7.00. The molecule has 0 heterocycles. The third-order valence-electron chi connectivity index (χ3n) is 5.02. The van der Waals surface area contributed by atoms with Gasteiger partial charge >= 0.3 is 0 Å². The van der Waals surface area contributed by atoms with Gasteiger partial charge in [0.25, 0.3) is 0 Å². The van der Waals surface area contributed by atoms with Crippen LogP contribution in [0.2, 0.25) is 0 Å². The zero-order valence-corrected chi connectivity index (χ0v) is 11.3. The van der Waals surface area contributed by atoms with Crippen molar-refractivity contribution in [2.45, 2.75) is 77.7 Å². The minimum absolute atomic E-state index is 0.331. The minimum atomic E-state index is -0.331. The Kier molecular flexibility index (Phi) is 3.36. The second-order valence-corrected chi connectivity index (χ2v) is 7.25. The van der Waals surface area contributed by atoms with E-state index in [1.54, 1.807) is 0 Å². The number of aliphatic hydroxyl groups is 1. The topological polar surface area (TPSA) is 20.2 Å². The molecule has 1 atom stereocenters. The molecule has 0 bridgehead atoms. The Labute approximate surface area is 101 Å². The summed E-state index contributed by atoms with van der Waals surface area (Å²) < 4.78 is 0. The molecule has 2 fully saturated rings. The normalized spacial score (nSPS) is 44.2. The summed E-state index contributed by atoms with van der Waals surface area (Å²) in [5.74, 6) is 1.47. The molecule has 0 aromatic carbocycles. The quantitative estimate of drug-likeness (QED) is 0.709. The molecule has 0 amide bonds. The number of rotatable bonds is 1. The summed E-state index contributed by atoms with van der Waals surface area (Å²) in [4.78, 5) is 0. The van der Waals surface area contributed by atoms with Crippen molar-refractivity contribution in [3.8, 4) is 0 Å². The summed E-state index contributed by atoms with van der Waals surface area (Å²) in [6, 6.07) is 0. The molecule has 0 aromatic rings. The third kappa shape index (κ3) is 2.61. The van der Waals surface area contributed by atoms with Gasteiger partial charge in [-0.3, -0.25) is 0 Å². The molecule has 2 aliphatic carbocycles. The summed E-state index contributed by atoms with van der Waals surface area (Å²) in [5.41, 5.74) is 0.0257. The van der Waals surface area contributed by atoms with Gasteiger partial charge in [-0.15, -0.1) is 0 Å². The van der Waals surface area contributed by atoms with Crippen LogP contribution in [0.5, 0.6) is 0 Å². The zero-order valence-electron chi connectivity index (χ0n) is 11.3. The van der Waals surface area contributed by atoms with Gasteiger partial charge in [0.05, 0.1) is 5.60 Å². The maximum absolute atomic E-state index is 10.9. The Morgan fingerprint density at radius 3 is 2.19 bits per heavy atom. The Morgan fingerprint density at radius 2 is 1.62 bits per heavy atom. The fourth-order valence-electron chi connectivity index (χ4n) is 4.02. The van der Waals surface area contributed by atoms with E-state index in [9.17, 15) is 5.11 Å². The summed E-state index contributed by atoms with van der Waals surface area (Å²) in [5, 5.41) is 10.9. The fraction of sp³-hybridized carbons (Fsp3) is 1.00. The smallest absolute Gasteiger partial charge is 0.0680 e. The monoisotopic (exact) mass is 224 g/mol. The van der Waals surface area contributed by atoms with Crippen molar-refractivity contribution in [3.63, 3.8) is 0 Å². The molecule has 2 rings (SSSR count). The minimum Gasteiger partial charge on any atom is -0.390 e. The Balaban J connectivity index is 2.01. The first-order valence-corrected chi connectivity index (χ1v) is 7.14. The number of hydrogen-bond donors (Lipinski definition) is 1. The maximum Gasteiger partial charge on any atom is 0.0680 e. The second-order valence-electron chi connectivity index (χ2n) is 7.25. The maximum atomic E-state index is 10.9. The second kappa shape index (κ2) is 4.33. The van der Waals surface area contributed by atoms with Gasteiger partial charge in [0.1, 0.15) is 0 Å². The lowest BCUT2D eigenvalue weighted by Gasteiger charge is -2.47. The predicted octanol–water partition coefficient (Wildman–Crippen LogP) is 4.14. The van der Waals surface area contributed by atoms with Crippen LogP contribution >= 0.6 is 0 Å². The standard InChI is InChI=1S/C15H28O/c1-12-5-7-13(8-6-12)15(16)10-4-9-14(2,3)11-15/h12-13,16H,4-11H2,1-3H3. The molecule has 0 saturated heterocycles. The molecule has 16 heavy (non-hydrogen) atoms. The molecule has 1 N–H and O–H groups in total. The average molecular weight is 224 g/mol. The fourth-order valence-corrected chi connectivity index (χ4v) is 4.02. The Bertz CT molecular complexity index is 238. The first-order chi connectivity index (χ1) is 7.41. The van der Waals surface area contributed by atoms with E-state index in [0.29, 0.717) is 11.3 Å². The highest BCUT2D eigenvalue weighted by Crippen LogP contribution is 2.48. The van der Waals surface area contributed by atoms with E-state index in [0.717, 1.165) is 18.8 Å². The summed E-state index contributed by atoms with van der Waals surface area (Å²) in [7, 11) is 0. The summed E-state index contributed by atoms with van der Waals surface area (Å²) >= 11 is 0. The van der Waals surface area contributed by atoms with Crippen molar-refractivity contribution < 1.29 is 5.11 Å². The summed E-state index contributed by atoms with van der Waals surface area (Å²) in [6.07, 6.45) is 9.75. The highest BCUT2D eigenvalue weighted by atomic mass is 16.3. The predicted molar refractivity (Wildman–Crippen MR) is 68.3 cm³/mol. The Hall–Kier alpha value is -0.0400. The highest BCUT2D eigenvalue weighted by Gasteiger charge is 2.44. The van der Waals surface area contributed by atoms with Crippen molar-refractivity contribution in [2.24, 2.45) is 17.3 Å². The lowest BCUT2D eigenvalue weighted by atomic mass is 9.62. The Morgan fingerprint density at radius 1 is 1.00 bits per heavy atom. The van der Waals surface area contributed by atoms with Gasteiger partial charge in [-0.1, -0.05) is 40.0 Å². The molecule has 0 radical (unpaired) electrons. The van der Waals surface area contributed by atoms with E-state index in [-0.39, 0.29) is 5.60 Å². The molecule has 0 spiro atoms. The van der Waals surface area contributed by atoms with Crippen LogP contribution in [-0.2, 0) is 0 Å². The van der Waals surface area contributed by atoms with Crippen molar-refractivity contribution in [1.29, 1.82) is 0 Å². The van der Waals surface area contributed by atoms with E-state index in [2.05, 4.69) is 20.8 Å². The van der Waals surface area contributed by atoms with Gasteiger partial charge in [0, 0.05) is 0 Å². The molecule has 1 nitrogen and oxygen atoms in total. The van der Waals surface area contributed by atoms with Crippen LogP contribution in [0.25, 0.3) is 0 Å². The molecule has 1 heteroatoms. The SMILES string of the molecule is CC1CCC(C2(O)CCCC(C)(C)C2)CC1. The molecular formula is C15H28O. The highest BCUT2D eigenvalue weighted by molar-refractivity contribution is 4.96. The van der Waals surface area contributed by atoms with Crippen molar-refractivity contribution in [2.75, 3.05) is 0 Å². The van der Waals surface area contributed by atoms with E-state index in [1.807, 2.05) is 0 Å². The van der Waals surface area contributed by atoms with Gasteiger partial charge in [0.2, 0.25) is 0 Å². The first kappa shape index (κ1) is 12.4. The van der Waals surface area contributed by atoms with Crippen molar-refractivity contribution in [3.05, 3.63) is 0 Å². The lowest BCUT2D eigenvalue weighted by Crippen LogP contribution is -2.46. The van der Waals surface area contributed by atoms with Crippen molar-refractivity contribution in [1.82, 2.24) is 0 Å². The molecule has 0 aromatic heterocycles.